The van der Waals surface area contributed by atoms with Crippen LogP contribution in [0.1, 0.15) is 25.5 Å². The van der Waals surface area contributed by atoms with Gasteiger partial charge in [-0.3, -0.25) is 9.10 Å². The Morgan fingerprint density at radius 2 is 1.45 bits per heavy atom. The van der Waals surface area contributed by atoms with E-state index in [1.165, 1.54) is 31.2 Å². The molecule has 0 aliphatic heterocycles. The normalized spacial score (nSPS) is 14.1. The van der Waals surface area contributed by atoms with Gasteiger partial charge in [0.15, 0.2) is 9.84 Å². The van der Waals surface area contributed by atoms with E-state index in [4.69, 9.17) is 0 Å². The number of amides is 1. The molecule has 0 heterocycles. The van der Waals surface area contributed by atoms with Crippen molar-refractivity contribution < 1.29 is 26.0 Å². The van der Waals surface area contributed by atoms with E-state index in [-0.39, 0.29) is 10.6 Å². The number of rotatable bonds is 7. The molecule has 0 aliphatic carbocycles. The molecule has 0 saturated heterocycles. The van der Waals surface area contributed by atoms with Gasteiger partial charge in [-0.2, -0.15) is 0 Å². The molecular formula is C19H23FN2O5S2. The Balaban J connectivity index is 2.22. The molecule has 0 bridgehead atoms. The number of benzene rings is 2. The van der Waals surface area contributed by atoms with Crippen LogP contribution in [0.3, 0.4) is 0 Å². The summed E-state index contributed by atoms with van der Waals surface area (Å²) in [6, 6.07) is 9.27. The SMILES string of the molecule is C[C@@H](NC(=O)[C@H](C)N(c1ccc(F)cc1)S(C)(=O)=O)c1ccc(S(C)(=O)=O)cc1. The van der Waals surface area contributed by atoms with E-state index in [1.54, 1.807) is 19.1 Å². The first kappa shape index (κ1) is 22.8. The maximum atomic E-state index is 13.2. The fourth-order valence-electron chi connectivity index (χ4n) is 2.82. The summed E-state index contributed by atoms with van der Waals surface area (Å²) >= 11 is 0. The molecule has 2 aromatic carbocycles. The molecule has 0 aromatic heterocycles. The highest BCUT2D eigenvalue weighted by Gasteiger charge is 2.30. The Labute approximate surface area is 170 Å². The second-order valence-corrected chi connectivity index (χ2v) is 10.7. The first-order valence-electron chi connectivity index (χ1n) is 8.66. The predicted molar refractivity (Wildman–Crippen MR) is 109 cm³/mol. The van der Waals surface area contributed by atoms with Gasteiger partial charge in [-0.05, 0) is 55.8 Å². The van der Waals surface area contributed by atoms with Crippen LogP contribution in [0, 0.1) is 5.82 Å². The molecule has 2 rings (SSSR count). The maximum Gasteiger partial charge on any atom is 0.244 e. The summed E-state index contributed by atoms with van der Waals surface area (Å²) in [5, 5.41) is 2.72. The number of carbonyl (C=O) groups is 1. The zero-order valence-corrected chi connectivity index (χ0v) is 18.1. The van der Waals surface area contributed by atoms with E-state index < -0.39 is 43.7 Å². The molecule has 0 spiro atoms. The first-order chi connectivity index (χ1) is 13.3. The van der Waals surface area contributed by atoms with Crippen molar-refractivity contribution in [3.63, 3.8) is 0 Å². The Morgan fingerprint density at radius 1 is 0.931 bits per heavy atom. The third kappa shape index (κ3) is 5.77. The van der Waals surface area contributed by atoms with Crippen LogP contribution in [-0.2, 0) is 24.7 Å². The molecule has 2 atom stereocenters. The fourth-order valence-corrected chi connectivity index (χ4v) is 4.62. The van der Waals surface area contributed by atoms with Gasteiger partial charge in [0.05, 0.1) is 22.9 Å². The Morgan fingerprint density at radius 3 is 1.90 bits per heavy atom. The van der Waals surface area contributed by atoms with Crippen LogP contribution in [0.25, 0.3) is 0 Å². The second-order valence-electron chi connectivity index (χ2n) is 6.78. The number of hydrogen-bond donors (Lipinski definition) is 1. The van der Waals surface area contributed by atoms with Crippen LogP contribution in [0.4, 0.5) is 10.1 Å². The fraction of sp³-hybridized carbons (Fsp3) is 0.316. The van der Waals surface area contributed by atoms with Crippen LogP contribution in [-0.4, -0.2) is 41.3 Å². The molecule has 0 radical (unpaired) electrons. The molecule has 1 amide bonds. The Bertz CT molecular complexity index is 1080. The van der Waals surface area contributed by atoms with E-state index in [9.17, 15) is 26.0 Å². The highest BCUT2D eigenvalue weighted by atomic mass is 32.2. The minimum absolute atomic E-state index is 0.160. The molecule has 29 heavy (non-hydrogen) atoms. The molecular weight excluding hydrogens is 419 g/mol. The molecule has 1 N–H and O–H groups in total. The van der Waals surface area contributed by atoms with Gasteiger partial charge in [-0.15, -0.1) is 0 Å². The van der Waals surface area contributed by atoms with E-state index in [1.807, 2.05) is 0 Å². The van der Waals surface area contributed by atoms with Crippen LogP contribution in [0.15, 0.2) is 53.4 Å². The van der Waals surface area contributed by atoms with E-state index in [2.05, 4.69) is 5.32 Å². The lowest BCUT2D eigenvalue weighted by Crippen LogP contribution is -2.48. The molecule has 0 aliphatic rings. The number of nitrogens with one attached hydrogen (secondary N) is 1. The average Bonchev–Trinajstić information content (AvgIpc) is 2.61. The molecule has 2 aromatic rings. The zero-order valence-electron chi connectivity index (χ0n) is 16.5. The summed E-state index contributed by atoms with van der Waals surface area (Å²) in [7, 11) is -7.14. The van der Waals surface area contributed by atoms with Crippen molar-refractivity contribution in [1.82, 2.24) is 5.32 Å². The lowest BCUT2D eigenvalue weighted by atomic mass is 10.1. The summed E-state index contributed by atoms with van der Waals surface area (Å²) in [5.41, 5.74) is 0.826. The van der Waals surface area contributed by atoms with Gasteiger partial charge in [-0.25, -0.2) is 21.2 Å². The number of nitrogens with zero attached hydrogens (tertiary/aromatic N) is 1. The van der Waals surface area contributed by atoms with Gasteiger partial charge < -0.3 is 5.32 Å². The van der Waals surface area contributed by atoms with Gasteiger partial charge in [0.1, 0.15) is 11.9 Å². The number of anilines is 1. The summed E-state index contributed by atoms with van der Waals surface area (Å²) in [6.45, 7) is 3.13. The van der Waals surface area contributed by atoms with Gasteiger partial charge in [0.25, 0.3) is 0 Å². The second kappa shape index (κ2) is 8.50. The monoisotopic (exact) mass is 442 g/mol. The minimum Gasteiger partial charge on any atom is -0.348 e. The lowest BCUT2D eigenvalue weighted by Gasteiger charge is -2.29. The van der Waals surface area contributed by atoms with E-state index in [0.29, 0.717) is 5.56 Å². The van der Waals surface area contributed by atoms with Crippen LogP contribution >= 0.6 is 0 Å². The number of carbonyl (C=O) groups excluding carboxylic acids is 1. The Kier molecular flexibility index (Phi) is 6.69. The van der Waals surface area contributed by atoms with Crippen LogP contribution in [0.2, 0.25) is 0 Å². The predicted octanol–water partition coefficient (Wildman–Crippen LogP) is 2.26. The van der Waals surface area contributed by atoms with E-state index in [0.717, 1.165) is 28.9 Å². The molecule has 7 nitrogen and oxygen atoms in total. The van der Waals surface area contributed by atoms with Crippen molar-refractivity contribution in [2.24, 2.45) is 0 Å². The third-order valence-electron chi connectivity index (χ3n) is 4.34. The minimum atomic E-state index is -3.81. The molecule has 0 saturated carbocycles. The van der Waals surface area contributed by atoms with Crippen molar-refractivity contribution in [2.45, 2.75) is 30.8 Å². The standard InChI is InChI=1S/C19H23FN2O5S2/c1-13(15-5-11-18(12-6-15)28(3,24)25)21-19(23)14(2)22(29(4,26)27)17-9-7-16(20)8-10-17/h5-14H,1-4H3,(H,21,23)/t13-,14+/m1/s1. The summed E-state index contributed by atoms with van der Waals surface area (Å²) < 4.78 is 61.7. The average molecular weight is 443 g/mol. The lowest BCUT2D eigenvalue weighted by molar-refractivity contribution is -0.122. The van der Waals surface area contributed by atoms with Gasteiger partial charge >= 0.3 is 0 Å². The summed E-state index contributed by atoms with van der Waals surface area (Å²) in [5.74, 6) is -1.08. The van der Waals surface area contributed by atoms with Gasteiger partial charge in [-0.1, -0.05) is 12.1 Å². The molecule has 158 valence electrons. The maximum absolute atomic E-state index is 13.2. The highest BCUT2D eigenvalue weighted by Crippen LogP contribution is 2.22. The van der Waals surface area contributed by atoms with Crippen molar-refractivity contribution in [3.8, 4) is 0 Å². The van der Waals surface area contributed by atoms with Crippen LogP contribution < -0.4 is 9.62 Å². The number of hydrogen-bond acceptors (Lipinski definition) is 5. The van der Waals surface area contributed by atoms with Crippen molar-refractivity contribution in [3.05, 3.63) is 59.9 Å². The molecule has 0 unspecified atom stereocenters. The van der Waals surface area contributed by atoms with Gasteiger partial charge in [0, 0.05) is 6.26 Å². The first-order valence-corrected chi connectivity index (χ1v) is 12.4. The highest BCUT2D eigenvalue weighted by molar-refractivity contribution is 7.92. The number of halogens is 1. The van der Waals surface area contributed by atoms with Gasteiger partial charge in [0.2, 0.25) is 15.9 Å². The quantitative estimate of drug-likeness (QED) is 0.709. The van der Waals surface area contributed by atoms with Crippen molar-refractivity contribution >= 4 is 31.5 Å². The molecule has 10 heteroatoms. The molecule has 0 fully saturated rings. The third-order valence-corrected chi connectivity index (χ3v) is 6.71. The number of sulfone groups is 1. The van der Waals surface area contributed by atoms with Crippen molar-refractivity contribution in [2.75, 3.05) is 16.8 Å². The van der Waals surface area contributed by atoms with Crippen molar-refractivity contribution in [1.29, 1.82) is 0 Å². The smallest absolute Gasteiger partial charge is 0.244 e. The number of sulfonamides is 1. The Hall–Kier alpha value is -2.46. The van der Waals surface area contributed by atoms with Crippen LogP contribution in [0.5, 0.6) is 0 Å². The summed E-state index contributed by atoms with van der Waals surface area (Å²) in [6.07, 6.45) is 2.07. The largest absolute Gasteiger partial charge is 0.348 e. The zero-order chi connectivity index (χ0) is 22.0. The topological polar surface area (TPSA) is 101 Å². The van der Waals surface area contributed by atoms with E-state index >= 15 is 0 Å². The summed E-state index contributed by atoms with van der Waals surface area (Å²) in [4.78, 5) is 12.9.